The molecule has 4 nitrogen and oxygen atoms in total. The highest BCUT2D eigenvalue weighted by molar-refractivity contribution is 5.98. The third-order valence-corrected chi connectivity index (χ3v) is 4.32. The Bertz CT molecular complexity index is 846. The summed E-state index contributed by atoms with van der Waals surface area (Å²) in [4.78, 5) is 11.8. The molecule has 24 heavy (non-hydrogen) atoms. The summed E-state index contributed by atoms with van der Waals surface area (Å²) in [5.41, 5.74) is 2.10. The molecule has 0 amide bonds. The van der Waals surface area contributed by atoms with Crippen LogP contribution >= 0.6 is 0 Å². The number of allylic oxidation sites excluding steroid dienone is 2. The fourth-order valence-electron chi connectivity index (χ4n) is 3.08. The van der Waals surface area contributed by atoms with E-state index in [1.165, 1.54) is 6.08 Å². The second kappa shape index (κ2) is 6.13. The van der Waals surface area contributed by atoms with E-state index < -0.39 is 5.97 Å². The summed E-state index contributed by atoms with van der Waals surface area (Å²) >= 11 is 0. The van der Waals surface area contributed by atoms with E-state index in [-0.39, 0.29) is 6.10 Å². The second-order valence-electron chi connectivity index (χ2n) is 5.93. The van der Waals surface area contributed by atoms with Gasteiger partial charge >= 0.3 is 5.97 Å². The summed E-state index contributed by atoms with van der Waals surface area (Å²) in [7, 11) is 0. The average molecular weight is 322 g/mol. The summed E-state index contributed by atoms with van der Waals surface area (Å²) in [5.74, 6) is 1.04. The lowest BCUT2D eigenvalue weighted by Gasteiger charge is -2.22. The van der Waals surface area contributed by atoms with Gasteiger partial charge in [-0.3, -0.25) is 0 Å². The van der Waals surface area contributed by atoms with Crippen LogP contribution in [0.3, 0.4) is 0 Å². The van der Waals surface area contributed by atoms with Gasteiger partial charge in [0.1, 0.15) is 24.2 Å². The molecule has 122 valence electrons. The lowest BCUT2D eigenvalue weighted by Crippen LogP contribution is -2.12. The van der Waals surface area contributed by atoms with Crippen molar-refractivity contribution in [2.24, 2.45) is 0 Å². The molecule has 0 aromatic heterocycles. The number of epoxide rings is 1. The van der Waals surface area contributed by atoms with Gasteiger partial charge in [0.05, 0.1) is 6.61 Å². The molecule has 0 radical (unpaired) electrons. The molecule has 0 saturated carbocycles. The maximum Gasteiger partial charge on any atom is 0.335 e. The molecule has 4 rings (SSSR count). The van der Waals surface area contributed by atoms with Crippen molar-refractivity contribution in [3.8, 4) is 11.5 Å². The molecule has 1 fully saturated rings. The summed E-state index contributed by atoms with van der Waals surface area (Å²) < 4.78 is 17.0. The highest BCUT2D eigenvalue weighted by Gasteiger charge is 2.27. The van der Waals surface area contributed by atoms with Gasteiger partial charge in [-0.2, -0.15) is 0 Å². The molecule has 0 bridgehead atoms. The summed E-state index contributed by atoms with van der Waals surface area (Å²) in [6, 6.07) is 7.86. The van der Waals surface area contributed by atoms with Crippen LogP contribution < -0.4 is 9.47 Å². The van der Waals surface area contributed by atoms with E-state index in [0.717, 1.165) is 47.1 Å². The summed E-state index contributed by atoms with van der Waals surface area (Å²) in [5, 5.41) is 1.84. The molecule has 2 aromatic carbocycles. The van der Waals surface area contributed by atoms with Crippen LogP contribution in [0.25, 0.3) is 10.8 Å². The van der Waals surface area contributed by atoms with Crippen LogP contribution in [0.2, 0.25) is 0 Å². The van der Waals surface area contributed by atoms with Crippen LogP contribution in [-0.2, 0) is 22.4 Å². The molecule has 1 aliphatic heterocycles. The number of carbonyl (C=O) groups is 1. The van der Waals surface area contributed by atoms with Crippen LogP contribution in [0, 0.1) is 0 Å². The van der Waals surface area contributed by atoms with Gasteiger partial charge in [0.25, 0.3) is 0 Å². The molecule has 1 unspecified atom stereocenters. The van der Waals surface area contributed by atoms with Crippen molar-refractivity contribution in [3.05, 3.63) is 60.2 Å². The van der Waals surface area contributed by atoms with E-state index in [0.29, 0.717) is 12.4 Å². The van der Waals surface area contributed by atoms with Crippen LogP contribution in [-0.4, -0.2) is 25.3 Å². The Morgan fingerprint density at radius 2 is 1.79 bits per heavy atom. The minimum atomic E-state index is -0.447. The fourth-order valence-corrected chi connectivity index (χ4v) is 3.08. The van der Waals surface area contributed by atoms with Gasteiger partial charge in [0.15, 0.2) is 0 Å². The molecule has 4 heteroatoms. The zero-order valence-corrected chi connectivity index (χ0v) is 13.3. The van der Waals surface area contributed by atoms with Crippen molar-refractivity contribution in [3.63, 3.8) is 0 Å². The molecule has 0 N–H and O–H groups in total. The number of hydrogen-bond donors (Lipinski definition) is 0. The van der Waals surface area contributed by atoms with Crippen LogP contribution in [0.1, 0.15) is 11.1 Å². The topological polar surface area (TPSA) is 48.1 Å². The quantitative estimate of drug-likeness (QED) is 0.278. The van der Waals surface area contributed by atoms with E-state index in [2.05, 4.69) is 18.7 Å². The highest BCUT2D eigenvalue weighted by Crippen LogP contribution is 2.43. The smallest absolute Gasteiger partial charge is 0.335 e. The van der Waals surface area contributed by atoms with E-state index in [1.807, 2.05) is 24.3 Å². The van der Waals surface area contributed by atoms with Gasteiger partial charge in [-0.15, -0.1) is 0 Å². The Kier molecular flexibility index (Phi) is 3.82. The minimum absolute atomic E-state index is 0.191. The minimum Gasteiger partial charge on any atom is -0.490 e. The molecule has 2 aromatic rings. The lowest BCUT2D eigenvalue weighted by atomic mass is 9.90. The number of rotatable bonds is 5. The Hall–Kier alpha value is -2.59. The standard InChI is InChI=1S/C20H18O4/c1-2-18(21)24-20-16-9-5-3-7-14(16)19(23-12-13-11-22-13)15-8-4-6-10-17(15)20/h2-7,9,13H,1,8,10-12H2. The molecule has 1 aliphatic carbocycles. The normalized spacial score (nSPS) is 18.1. The Morgan fingerprint density at radius 3 is 2.42 bits per heavy atom. The number of ether oxygens (including phenoxy) is 3. The van der Waals surface area contributed by atoms with Crippen LogP contribution in [0.15, 0.2) is 49.1 Å². The van der Waals surface area contributed by atoms with Crippen molar-refractivity contribution in [2.45, 2.75) is 18.9 Å². The van der Waals surface area contributed by atoms with Gasteiger partial charge in [-0.1, -0.05) is 43.0 Å². The maximum atomic E-state index is 11.8. The first kappa shape index (κ1) is 15.0. The summed E-state index contributed by atoms with van der Waals surface area (Å²) in [6.45, 7) is 4.80. The average Bonchev–Trinajstić information content (AvgIpc) is 3.45. The van der Waals surface area contributed by atoms with Gasteiger partial charge in [0, 0.05) is 28.0 Å². The molecular formula is C20H18O4. The predicted molar refractivity (Wildman–Crippen MR) is 91.6 cm³/mol. The second-order valence-corrected chi connectivity index (χ2v) is 5.93. The van der Waals surface area contributed by atoms with Gasteiger partial charge in [-0.05, 0) is 12.8 Å². The van der Waals surface area contributed by atoms with E-state index in [9.17, 15) is 4.79 Å². The first-order valence-corrected chi connectivity index (χ1v) is 8.08. The first-order chi connectivity index (χ1) is 11.8. The zero-order valence-electron chi connectivity index (χ0n) is 13.3. The fraction of sp³-hybridized carbons (Fsp3) is 0.250. The number of benzene rings is 2. The van der Waals surface area contributed by atoms with Crippen molar-refractivity contribution < 1.29 is 19.0 Å². The SMILES string of the molecule is C=CC(=O)Oc1c2c(c(OCC3CO3)c3ccccc13)CC=CC2. The Labute approximate surface area is 140 Å². The molecule has 1 saturated heterocycles. The zero-order chi connectivity index (χ0) is 16.5. The van der Waals surface area contributed by atoms with Crippen molar-refractivity contribution in [2.75, 3.05) is 13.2 Å². The molecule has 2 aliphatic rings. The third-order valence-electron chi connectivity index (χ3n) is 4.32. The van der Waals surface area contributed by atoms with E-state index >= 15 is 0 Å². The number of carbonyl (C=O) groups excluding carboxylic acids is 1. The molecule has 1 heterocycles. The first-order valence-electron chi connectivity index (χ1n) is 8.08. The maximum absolute atomic E-state index is 11.8. The Balaban J connectivity index is 1.89. The van der Waals surface area contributed by atoms with Gasteiger partial charge in [0.2, 0.25) is 0 Å². The van der Waals surface area contributed by atoms with E-state index in [4.69, 9.17) is 14.2 Å². The number of esters is 1. The number of hydrogen-bond acceptors (Lipinski definition) is 4. The summed E-state index contributed by atoms with van der Waals surface area (Å²) in [6.07, 6.45) is 7.08. The number of fused-ring (bicyclic) bond motifs is 2. The highest BCUT2D eigenvalue weighted by atomic mass is 16.6. The predicted octanol–water partition coefficient (Wildman–Crippen LogP) is 3.36. The van der Waals surface area contributed by atoms with E-state index in [1.54, 1.807) is 0 Å². The van der Waals surface area contributed by atoms with Gasteiger partial charge < -0.3 is 14.2 Å². The molecular weight excluding hydrogens is 304 g/mol. The van der Waals surface area contributed by atoms with Crippen molar-refractivity contribution in [1.29, 1.82) is 0 Å². The van der Waals surface area contributed by atoms with Gasteiger partial charge in [-0.25, -0.2) is 4.79 Å². The van der Waals surface area contributed by atoms with Crippen LogP contribution in [0.4, 0.5) is 0 Å². The monoisotopic (exact) mass is 322 g/mol. The van der Waals surface area contributed by atoms with Crippen LogP contribution in [0.5, 0.6) is 11.5 Å². The van der Waals surface area contributed by atoms with Crippen molar-refractivity contribution >= 4 is 16.7 Å². The lowest BCUT2D eigenvalue weighted by molar-refractivity contribution is -0.128. The van der Waals surface area contributed by atoms with Crippen molar-refractivity contribution in [1.82, 2.24) is 0 Å². The molecule has 1 atom stereocenters. The molecule has 0 spiro atoms. The largest absolute Gasteiger partial charge is 0.490 e. The Morgan fingerprint density at radius 1 is 1.17 bits per heavy atom. The third kappa shape index (κ3) is 2.69.